The van der Waals surface area contributed by atoms with E-state index < -0.39 is 5.97 Å². The molecule has 0 bridgehead atoms. The molecule has 0 aliphatic carbocycles. The number of aliphatic carboxylic acids is 1. The van der Waals surface area contributed by atoms with Crippen molar-refractivity contribution in [2.45, 2.75) is 83.1 Å². The second kappa shape index (κ2) is 17.2. The van der Waals surface area contributed by atoms with Gasteiger partial charge in [-0.05, 0) is 24.5 Å². The second-order valence-electron chi connectivity index (χ2n) is 7.90. The number of guanidine groups is 1. The third-order valence-electron chi connectivity index (χ3n) is 5.19. The first kappa shape index (κ1) is 26.6. The lowest BCUT2D eigenvalue weighted by Crippen LogP contribution is -2.24. The zero-order valence-electron chi connectivity index (χ0n) is 18.6. The molecule has 1 aromatic heterocycles. The lowest BCUT2D eigenvalue weighted by Gasteiger charge is -2.27. The van der Waals surface area contributed by atoms with Crippen molar-refractivity contribution < 1.29 is 15.0 Å². The van der Waals surface area contributed by atoms with Gasteiger partial charge in [0.05, 0.1) is 6.54 Å². The monoisotopic (exact) mass is 434 g/mol. The quantitative estimate of drug-likeness (QED) is 0.0948. The number of nitrogens with two attached hydrogens (primary N) is 2. The minimum absolute atomic E-state index is 0.0664. The fourth-order valence-electron chi connectivity index (χ4n) is 3.53. The highest BCUT2D eigenvalue weighted by atomic mass is 16.4. The Morgan fingerprint density at radius 1 is 1.03 bits per heavy atom. The number of aromatic amines is 1. The summed E-state index contributed by atoms with van der Waals surface area (Å²) in [5, 5.41) is 22.7. The van der Waals surface area contributed by atoms with Gasteiger partial charge in [-0.25, -0.2) is 9.79 Å². The van der Waals surface area contributed by atoms with E-state index in [1.807, 2.05) is 12.1 Å². The molecule has 8 nitrogen and oxygen atoms in total. The molecule has 1 aromatic rings. The van der Waals surface area contributed by atoms with Crippen molar-refractivity contribution in [3.8, 4) is 0 Å². The maximum absolute atomic E-state index is 11.3. The van der Waals surface area contributed by atoms with Crippen LogP contribution >= 0.6 is 0 Å². The number of nitrogens with zero attached hydrogens (tertiary/aromatic N) is 2. The van der Waals surface area contributed by atoms with Crippen molar-refractivity contribution in [1.29, 1.82) is 0 Å². The number of carbonyl (C=O) groups is 1. The Balaban J connectivity index is 2.39. The molecule has 1 heterocycles. The smallest absolute Gasteiger partial charge is 0.328 e. The molecule has 1 atom stereocenters. The van der Waals surface area contributed by atoms with Gasteiger partial charge in [0.1, 0.15) is 0 Å². The number of aliphatic hydroxyl groups is 1. The summed E-state index contributed by atoms with van der Waals surface area (Å²) < 4.78 is 0. The van der Waals surface area contributed by atoms with E-state index >= 15 is 0 Å². The van der Waals surface area contributed by atoms with Gasteiger partial charge in [-0.15, -0.1) is 0 Å². The van der Waals surface area contributed by atoms with Gasteiger partial charge in [0.2, 0.25) is 0 Å². The van der Waals surface area contributed by atoms with Crippen molar-refractivity contribution in [3.63, 3.8) is 0 Å². The molecule has 0 radical (unpaired) electrons. The number of unbranched alkanes of at least 4 members (excludes halogenated alkanes) is 10. The third kappa shape index (κ3) is 14.2. The van der Waals surface area contributed by atoms with Gasteiger partial charge >= 0.3 is 5.97 Å². The number of rotatable bonds is 19. The second-order valence-corrected chi connectivity index (χ2v) is 7.90. The molecule has 0 unspecified atom stereocenters. The van der Waals surface area contributed by atoms with Crippen LogP contribution in [0.4, 0.5) is 5.82 Å². The molecule has 1 rings (SSSR count). The fraction of sp³-hybridized carbons (Fsp3) is 0.652. The van der Waals surface area contributed by atoms with Crippen molar-refractivity contribution >= 4 is 17.7 Å². The Hall–Kier alpha value is -2.48. The number of carboxylic acid groups (broad SMARTS) is 1. The van der Waals surface area contributed by atoms with Crippen LogP contribution in [-0.4, -0.2) is 46.3 Å². The fourth-order valence-corrected chi connectivity index (χ4v) is 3.53. The summed E-state index contributed by atoms with van der Waals surface area (Å²) in [7, 11) is 0. The summed E-state index contributed by atoms with van der Waals surface area (Å²) in [5.41, 5.74) is 11.5. The van der Waals surface area contributed by atoms with E-state index in [2.05, 4.69) is 15.3 Å². The van der Waals surface area contributed by atoms with Crippen LogP contribution in [0.15, 0.2) is 35.0 Å². The summed E-state index contributed by atoms with van der Waals surface area (Å²) in [4.78, 5) is 18.3. The molecule has 0 amide bonds. The number of aliphatic hydroxyl groups excluding tert-OH is 1. The zero-order valence-corrected chi connectivity index (χ0v) is 18.6. The van der Waals surface area contributed by atoms with Crippen LogP contribution in [0.2, 0.25) is 0 Å². The van der Waals surface area contributed by atoms with Gasteiger partial charge in [0.15, 0.2) is 5.96 Å². The van der Waals surface area contributed by atoms with Crippen LogP contribution in [0.3, 0.4) is 0 Å². The van der Waals surface area contributed by atoms with Crippen LogP contribution in [0.1, 0.15) is 77.0 Å². The highest BCUT2D eigenvalue weighted by Gasteiger charge is 2.12. The lowest BCUT2D eigenvalue weighted by molar-refractivity contribution is -0.131. The molecule has 0 spiro atoms. The first-order chi connectivity index (χ1) is 15.0. The molecule has 8 heteroatoms. The van der Waals surface area contributed by atoms with E-state index in [9.17, 15) is 9.90 Å². The van der Waals surface area contributed by atoms with E-state index in [0.29, 0.717) is 18.0 Å². The minimum atomic E-state index is -1.02. The number of hydrogen-bond acceptors (Lipinski definition) is 3. The molecule has 0 aliphatic rings. The highest BCUT2D eigenvalue weighted by molar-refractivity contribution is 5.81. The van der Waals surface area contributed by atoms with E-state index in [1.165, 1.54) is 51.0 Å². The Kier molecular flexibility index (Phi) is 14.8. The minimum Gasteiger partial charge on any atom is -0.478 e. The van der Waals surface area contributed by atoms with Crippen LogP contribution in [-0.2, 0) is 4.79 Å². The standard InChI is InChI=1S/C23H40N5O3/c24-23(25)27-18-19(17-22(30)31)20(28-21-14-12-15-26-21)13-10-8-6-4-2-1-3-5-7-9-11-16-29/h12,14-15,17,20,26,29H,1-11,13,16,18H2,(H,30,31)(H4,24,25,27)/q-1/b19-17+/t20-/m0/s1. The van der Waals surface area contributed by atoms with Gasteiger partial charge < -0.3 is 32.0 Å². The van der Waals surface area contributed by atoms with Gasteiger partial charge in [0, 0.05) is 12.7 Å². The van der Waals surface area contributed by atoms with Gasteiger partial charge in [0.25, 0.3) is 0 Å². The van der Waals surface area contributed by atoms with Crippen molar-refractivity contribution in [2.24, 2.45) is 16.5 Å². The summed E-state index contributed by atoms with van der Waals surface area (Å²) >= 11 is 0. The molecule has 0 saturated heterocycles. The highest BCUT2D eigenvalue weighted by Crippen LogP contribution is 2.27. The molecule has 7 N–H and O–H groups in total. The van der Waals surface area contributed by atoms with Crippen LogP contribution in [0.25, 0.3) is 5.32 Å². The van der Waals surface area contributed by atoms with Crippen LogP contribution in [0.5, 0.6) is 0 Å². The number of nitrogens with one attached hydrogen (secondary N) is 1. The summed E-state index contributed by atoms with van der Waals surface area (Å²) in [6.07, 6.45) is 16.5. The van der Waals surface area contributed by atoms with Crippen LogP contribution in [0, 0.1) is 0 Å². The Bertz CT molecular complexity index is 640. The molecule has 0 aromatic carbocycles. The van der Waals surface area contributed by atoms with Gasteiger partial charge in [-0.2, -0.15) is 0 Å². The van der Waals surface area contributed by atoms with E-state index in [4.69, 9.17) is 16.6 Å². The number of hydrogen-bond donors (Lipinski definition) is 5. The molecule has 0 saturated carbocycles. The van der Waals surface area contributed by atoms with Gasteiger partial charge in [-0.3, -0.25) is 0 Å². The average molecular weight is 435 g/mol. The molecule has 0 fully saturated rings. The van der Waals surface area contributed by atoms with E-state index in [-0.39, 0.29) is 18.5 Å². The lowest BCUT2D eigenvalue weighted by atomic mass is 9.98. The predicted molar refractivity (Wildman–Crippen MR) is 126 cm³/mol. The average Bonchev–Trinajstić information content (AvgIpc) is 3.24. The van der Waals surface area contributed by atoms with Crippen molar-refractivity contribution in [1.82, 2.24) is 4.98 Å². The molecule has 0 aliphatic heterocycles. The first-order valence-electron chi connectivity index (χ1n) is 11.5. The van der Waals surface area contributed by atoms with E-state index in [1.54, 1.807) is 6.20 Å². The first-order valence-corrected chi connectivity index (χ1v) is 11.5. The van der Waals surface area contributed by atoms with Crippen molar-refractivity contribution in [2.75, 3.05) is 13.2 Å². The molecule has 176 valence electrons. The van der Waals surface area contributed by atoms with Crippen LogP contribution < -0.4 is 11.5 Å². The van der Waals surface area contributed by atoms with Crippen molar-refractivity contribution in [3.05, 3.63) is 35.3 Å². The summed E-state index contributed by atoms with van der Waals surface area (Å²) in [5.74, 6) is -0.378. The Labute approximate surface area is 186 Å². The number of carboxylic acids is 1. The summed E-state index contributed by atoms with van der Waals surface area (Å²) in [6, 6.07) is 3.44. The molecular formula is C23H40N5O3-. The number of aliphatic imine (C=N–C) groups is 1. The molecular weight excluding hydrogens is 394 g/mol. The number of H-pyrrole nitrogens is 1. The normalized spacial score (nSPS) is 12.5. The van der Waals surface area contributed by atoms with Gasteiger partial charge in [-0.1, -0.05) is 88.4 Å². The zero-order chi connectivity index (χ0) is 22.7. The topological polar surface area (TPSA) is 152 Å². The predicted octanol–water partition coefficient (Wildman–Crippen LogP) is 4.35. The Morgan fingerprint density at radius 3 is 2.10 bits per heavy atom. The Morgan fingerprint density at radius 2 is 1.61 bits per heavy atom. The number of aromatic nitrogens is 1. The largest absolute Gasteiger partial charge is 0.478 e. The molecule has 31 heavy (non-hydrogen) atoms. The van der Waals surface area contributed by atoms with E-state index in [0.717, 1.165) is 32.1 Å². The SMILES string of the molecule is NC(N)=NC/C(=C\C(=O)O)[C@H](CCCCCCCCCCCCCO)[N-]c1ccc[nH]1. The summed E-state index contributed by atoms with van der Waals surface area (Å²) in [6.45, 7) is 0.433. The maximum Gasteiger partial charge on any atom is 0.328 e. The maximum atomic E-state index is 11.3. The third-order valence-corrected chi connectivity index (χ3v) is 5.19.